The van der Waals surface area contributed by atoms with Crippen molar-refractivity contribution in [3.63, 3.8) is 0 Å². The third-order valence-electron chi connectivity index (χ3n) is 2.92. The van der Waals surface area contributed by atoms with Gasteiger partial charge in [0.2, 0.25) is 0 Å². The highest BCUT2D eigenvalue weighted by atomic mass is 32.2. The van der Waals surface area contributed by atoms with Gasteiger partial charge in [-0.25, -0.2) is 4.98 Å². The van der Waals surface area contributed by atoms with Crippen LogP contribution in [0, 0.1) is 10.1 Å². The molecule has 6 heteroatoms. The van der Waals surface area contributed by atoms with Gasteiger partial charge >= 0.3 is 0 Å². The van der Waals surface area contributed by atoms with E-state index >= 15 is 0 Å². The maximum Gasteiger partial charge on any atom is 0.271 e. The van der Waals surface area contributed by atoms with E-state index in [1.807, 2.05) is 22.2 Å². The van der Waals surface area contributed by atoms with E-state index in [1.54, 1.807) is 24.3 Å². The van der Waals surface area contributed by atoms with Crippen molar-refractivity contribution in [3.05, 3.63) is 70.5 Å². The standard InChI is InChI=1S/C14H11N3O2S/c18-17(19)12-6-7-14-13(8-12)15-10-16(14)20-9-11-4-2-1-3-5-11/h1-8,10H,9H2. The van der Waals surface area contributed by atoms with Crippen LogP contribution in [0.3, 0.4) is 0 Å². The predicted molar refractivity (Wildman–Crippen MR) is 79.5 cm³/mol. The quantitative estimate of drug-likeness (QED) is 0.542. The molecule has 0 unspecified atom stereocenters. The Morgan fingerprint density at radius 1 is 1.20 bits per heavy atom. The average Bonchev–Trinajstić information content (AvgIpc) is 2.88. The molecular formula is C14H11N3O2S. The Hall–Kier alpha value is -2.34. The van der Waals surface area contributed by atoms with Gasteiger partial charge in [-0.15, -0.1) is 0 Å². The van der Waals surface area contributed by atoms with Gasteiger partial charge in [0.05, 0.1) is 16.0 Å². The van der Waals surface area contributed by atoms with Gasteiger partial charge in [0.15, 0.2) is 0 Å². The number of benzene rings is 2. The summed E-state index contributed by atoms with van der Waals surface area (Å²) >= 11 is 1.61. The number of hydrogen-bond acceptors (Lipinski definition) is 4. The van der Waals surface area contributed by atoms with Crippen molar-refractivity contribution in [2.75, 3.05) is 0 Å². The molecule has 0 N–H and O–H groups in total. The summed E-state index contributed by atoms with van der Waals surface area (Å²) in [5, 5.41) is 10.7. The Kier molecular flexibility index (Phi) is 3.39. The van der Waals surface area contributed by atoms with Crippen LogP contribution in [0.15, 0.2) is 54.9 Å². The second-order valence-electron chi connectivity index (χ2n) is 4.26. The van der Waals surface area contributed by atoms with Gasteiger partial charge in [0.25, 0.3) is 5.69 Å². The zero-order valence-corrected chi connectivity index (χ0v) is 11.3. The lowest BCUT2D eigenvalue weighted by atomic mass is 10.2. The van der Waals surface area contributed by atoms with Crippen molar-refractivity contribution in [1.29, 1.82) is 0 Å². The number of hydrogen-bond donors (Lipinski definition) is 0. The number of non-ortho nitro benzene ring substituents is 1. The summed E-state index contributed by atoms with van der Waals surface area (Å²) in [6.07, 6.45) is 1.70. The highest BCUT2D eigenvalue weighted by molar-refractivity contribution is 7.97. The molecule has 0 aliphatic heterocycles. The molecule has 0 saturated carbocycles. The molecule has 0 bridgehead atoms. The first-order valence-corrected chi connectivity index (χ1v) is 6.97. The minimum atomic E-state index is -0.407. The molecule has 5 nitrogen and oxygen atoms in total. The lowest BCUT2D eigenvalue weighted by Crippen LogP contribution is -1.89. The van der Waals surface area contributed by atoms with E-state index in [0.717, 1.165) is 11.3 Å². The molecule has 0 amide bonds. The third kappa shape index (κ3) is 2.50. The molecule has 0 aliphatic carbocycles. The summed E-state index contributed by atoms with van der Waals surface area (Å²) in [5.41, 5.74) is 2.81. The maximum atomic E-state index is 10.7. The number of imidazole rings is 1. The Morgan fingerprint density at radius 3 is 2.75 bits per heavy atom. The smallest absolute Gasteiger partial charge is 0.271 e. The third-order valence-corrected chi connectivity index (χ3v) is 3.95. The van der Waals surface area contributed by atoms with Crippen LogP contribution in [0.5, 0.6) is 0 Å². The van der Waals surface area contributed by atoms with Gasteiger partial charge in [0, 0.05) is 17.9 Å². The lowest BCUT2D eigenvalue weighted by Gasteiger charge is -2.03. The van der Waals surface area contributed by atoms with Crippen LogP contribution in [0.1, 0.15) is 5.56 Å². The molecule has 1 heterocycles. The van der Waals surface area contributed by atoms with Gasteiger partial charge < -0.3 is 0 Å². The summed E-state index contributed by atoms with van der Waals surface area (Å²) < 4.78 is 1.94. The molecule has 100 valence electrons. The number of nitrogens with zero attached hydrogens (tertiary/aromatic N) is 3. The molecule has 0 saturated heterocycles. The van der Waals surface area contributed by atoms with Crippen molar-refractivity contribution in [3.8, 4) is 0 Å². The Balaban J connectivity index is 1.84. The van der Waals surface area contributed by atoms with E-state index in [4.69, 9.17) is 0 Å². The molecule has 2 aromatic carbocycles. The van der Waals surface area contributed by atoms with Crippen molar-refractivity contribution >= 4 is 28.7 Å². The number of fused-ring (bicyclic) bond motifs is 1. The minimum absolute atomic E-state index is 0.0656. The molecule has 0 fully saturated rings. The van der Waals surface area contributed by atoms with Crippen LogP contribution >= 0.6 is 11.9 Å². The number of nitro groups is 1. The van der Waals surface area contributed by atoms with Crippen molar-refractivity contribution in [2.24, 2.45) is 0 Å². The number of nitro benzene ring substituents is 1. The minimum Gasteiger partial charge on any atom is -0.272 e. The summed E-state index contributed by atoms with van der Waals surface area (Å²) in [4.78, 5) is 14.5. The number of aromatic nitrogens is 2. The average molecular weight is 285 g/mol. The summed E-state index contributed by atoms with van der Waals surface area (Å²) in [5.74, 6) is 0.823. The Bertz CT molecular complexity index is 755. The molecule has 3 aromatic rings. The Labute approximate surface area is 119 Å². The van der Waals surface area contributed by atoms with E-state index in [1.165, 1.54) is 17.7 Å². The molecule has 0 aliphatic rings. The molecular weight excluding hydrogens is 274 g/mol. The van der Waals surface area contributed by atoms with Gasteiger partial charge in [-0.05, 0) is 23.6 Å². The van der Waals surface area contributed by atoms with Crippen LogP contribution < -0.4 is 0 Å². The van der Waals surface area contributed by atoms with Gasteiger partial charge in [-0.1, -0.05) is 30.3 Å². The summed E-state index contributed by atoms with van der Waals surface area (Å²) in [6.45, 7) is 0. The molecule has 0 radical (unpaired) electrons. The van der Waals surface area contributed by atoms with E-state index in [2.05, 4.69) is 17.1 Å². The SMILES string of the molecule is O=[N+]([O-])c1ccc2c(c1)ncn2SCc1ccccc1. The van der Waals surface area contributed by atoms with E-state index in [9.17, 15) is 10.1 Å². The highest BCUT2D eigenvalue weighted by Gasteiger charge is 2.10. The fourth-order valence-corrected chi connectivity index (χ4v) is 2.80. The number of rotatable bonds is 4. The molecule has 3 rings (SSSR count). The second kappa shape index (κ2) is 5.34. The first-order valence-electron chi connectivity index (χ1n) is 6.03. The monoisotopic (exact) mass is 285 g/mol. The zero-order chi connectivity index (χ0) is 13.9. The molecule has 0 spiro atoms. The van der Waals surface area contributed by atoms with Gasteiger partial charge in [-0.3, -0.25) is 14.1 Å². The molecule has 20 heavy (non-hydrogen) atoms. The fraction of sp³-hybridized carbons (Fsp3) is 0.0714. The predicted octanol–water partition coefficient (Wildman–Crippen LogP) is 3.64. The normalized spacial score (nSPS) is 10.8. The lowest BCUT2D eigenvalue weighted by molar-refractivity contribution is -0.384. The van der Waals surface area contributed by atoms with Crippen molar-refractivity contribution in [1.82, 2.24) is 8.96 Å². The van der Waals surface area contributed by atoms with Crippen LogP contribution in [0.25, 0.3) is 11.0 Å². The van der Waals surface area contributed by atoms with Gasteiger partial charge in [0.1, 0.15) is 6.33 Å². The topological polar surface area (TPSA) is 61.0 Å². The largest absolute Gasteiger partial charge is 0.272 e. The summed E-state index contributed by atoms with van der Waals surface area (Å²) in [6, 6.07) is 14.9. The first kappa shape index (κ1) is 12.7. The van der Waals surface area contributed by atoms with E-state index < -0.39 is 4.92 Å². The van der Waals surface area contributed by atoms with E-state index in [0.29, 0.717) is 5.52 Å². The van der Waals surface area contributed by atoms with Gasteiger partial charge in [-0.2, -0.15) is 0 Å². The fourth-order valence-electron chi connectivity index (χ4n) is 1.91. The van der Waals surface area contributed by atoms with Crippen LogP contribution in [-0.4, -0.2) is 13.9 Å². The van der Waals surface area contributed by atoms with Crippen molar-refractivity contribution < 1.29 is 4.92 Å². The molecule has 0 atom stereocenters. The second-order valence-corrected chi connectivity index (χ2v) is 5.20. The van der Waals surface area contributed by atoms with Crippen molar-refractivity contribution in [2.45, 2.75) is 5.75 Å². The van der Waals surface area contributed by atoms with Crippen LogP contribution in [-0.2, 0) is 5.75 Å². The Morgan fingerprint density at radius 2 is 2.00 bits per heavy atom. The van der Waals surface area contributed by atoms with Crippen LogP contribution in [0.2, 0.25) is 0 Å². The maximum absolute atomic E-state index is 10.7. The summed E-state index contributed by atoms with van der Waals surface area (Å²) in [7, 11) is 0. The first-order chi connectivity index (χ1) is 9.74. The zero-order valence-electron chi connectivity index (χ0n) is 10.5. The van der Waals surface area contributed by atoms with Crippen LogP contribution in [0.4, 0.5) is 5.69 Å². The van der Waals surface area contributed by atoms with E-state index in [-0.39, 0.29) is 5.69 Å². The molecule has 1 aromatic heterocycles. The highest BCUT2D eigenvalue weighted by Crippen LogP contribution is 2.24.